The fraction of sp³-hybridized carbons (Fsp3) is 0.500. The molecule has 3 aromatic carbocycles. The Morgan fingerprint density at radius 2 is 1.56 bits per heavy atom. The monoisotopic (exact) mass is 896 g/mol. The molecule has 0 saturated carbocycles. The van der Waals surface area contributed by atoms with Crippen molar-refractivity contribution in [3.8, 4) is 22.8 Å². The maximum Gasteiger partial charge on any atom is 0.389 e. The minimum Gasteiger partial charge on any atom is -0.512 e. The van der Waals surface area contributed by atoms with Crippen molar-refractivity contribution in [1.29, 1.82) is 0 Å². The number of hydrogen-bond donors (Lipinski definition) is 1. The molecule has 0 saturated heterocycles. The summed E-state index contributed by atoms with van der Waals surface area (Å²) in [5.74, 6) is -0.221. The number of nitrogens with zero attached hydrogens (tertiary/aromatic N) is 1. The largest absolute Gasteiger partial charge is 0.512 e. The van der Waals surface area contributed by atoms with Crippen molar-refractivity contribution in [3.05, 3.63) is 76.7 Å². The van der Waals surface area contributed by atoms with Crippen molar-refractivity contribution in [3.63, 3.8) is 0 Å². The van der Waals surface area contributed by atoms with Gasteiger partial charge in [0.2, 0.25) is 0 Å². The normalized spacial score (nSPS) is 14.1. The van der Waals surface area contributed by atoms with Gasteiger partial charge in [0.1, 0.15) is 11.5 Å². The van der Waals surface area contributed by atoms with E-state index in [2.05, 4.69) is 84.9 Å². The predicted octanol–water partition coefficient (Wildman–Crippen LogP) is 13.2. The van der Waals surface area contributed by atoms with E-state index in [9.17, 15) is 23.1 Å². The Kier molecular flexibility index (Phi) is 13.5. The first kappa shape index (κ1) is 41.5. The standard InChI is InChI=1S/C30H32NO.C14H23F3O2.Ir/c1-18-8-9-22-21(12-18)15-23-27-26-20(10-11-31-27)13-19(16-29(2,3)4)14-25(26)32-28(23)24(22)17-30(5,6)7;1-5-10(6-2)12(18)9(4)13(19)11(7-3)8-14(15,16)17;/h8-14H,16-17H2,1-7H3;10-11,19H,5-8H2,1-4H3;/q-1;;/b;13-9-;/i11D;;. The zero-order valence-electron chi connectivity index (χ0n) is 33.5. The summed E-state index contributed by atoms with van der Waals surface area (Å²) in [7, 11) is 0. The molecule has 1 aliphatic heterocycles. The van der Waals surface area contributed by atoms with Crippen LogP contribution in [0.1, 0.15) is 113 Å². The van der Waals surface area contributed by atoms with Crippen LogP contribution in [0.2, 0.25) is 0 Å². The molecule has 1 aliphatic rings. The number of aliphatic hydroxyl groups is 1. The second-order valence-corrected chi connectivity index (χ2v) is 16.5. The molecule has 0 fully saturated rings. The van der Waals surface area contributed by atoms with Crippen LogP contribution < -0.4 is 4.74 Å². The van der Waals surface area contributed by atoms with E-state index in [0.29, 0.717) is 12.8 Å². The van der Waals surface area contributed by atoms with E-state index in [1.165, 1.54) is 29.0 Å². The molecule has 1 aromatic heterocycles. The van der Waals surface area contributed by atoms with Crippen molar-refractivity contribution in [1.82, 2.24) is 4.98 Å². The minimum absolute atomic E-state index is 0. The van der Waals surface area contributed by atoms with Gasteiger partial charge in [0.05, 0.1) is 13.5 Å². The van der Waals surface area contributed by atoms with Gasteiger partial charge in [-0.3, -0.25) is 9.78 Å². The molecule has 8 heteroatoms. The Hall–Kier alpha value is -3.22. The fourth-order valence-electron chi connectivity index (χ4n) is 6.96. The van der Waals surface area contributed by atoms with Crippen molar-refractivity contribution >= 4 is 27.3 Å². The van der Waals surface area contributed by atoms with Crippen LogP contribution >= 0.6 is 0 Å². The second-order valence-electron chi connectivity index (χ2n) is 16.5. The van der Waals surface area contributed by atoms with Crippen LogP contribution in [-0.2, 0) is 37.7 Å². The van der Waals surface area contributed by atoms with Gasteiger partial charge >= 0.3 is 6.18 Å². The van der Waals surface area contributed by atoms with E-state index in [4.69, 9.17) is 11.1 Å². The third-order valence-electron chi connectivity index (χ3n) is 9.44. The molecule has 0 amide bonds. The SMILES string of the molecule is CCC(CC)C(=O)/C(C)=C(\O)C(CC)CC(F)(F)F.[2H]c1cc2cc(CC(C)(C)C)cc3c2c(n1)-c1[c-]c2cc(C)ccc2c(CC(C)(C)C)c1O3.[Ir]. The molecule has 52 heavy (non-hydrogen) atoms. The minimum atomic E-state index is -4.34. The summed E-state index contributed by atoms with van der Waals surface area (Å²) in [5.41, 5.74) is 5.64. The molecule has 0 bridgehead atoms. The van der Waals surface area contributed by atoms with Gasteiger partial charge in [0.15, 0.2) is 5.78 Å². The first-order valence-corrected chi connectivity index (χ1v) is 18.2. The summed E-state index contributed by atoms with van der Waals surface area (Å²) >= 11 is 0. The zero-order chi connectivity index (χ0) is 38.9. The summed E-state index contributed by atoms with van der Waals surface area (Å²) in [6.45, 7) is 22.3. The first-order chi connectivity index (χ1) is 24.1. The number of rotatable bonds is 9. The Morgan fingerprint density at radius 3 is 2.12 bits per heavy atom. The molecule has 1 radical (unpaired) electrons. The molecule has 2 heterocycles. The maximum atomic E-state index is 12.4. The molecule has 4 aromatic rings. The first-order valence-electron chi connectivity index (χ1n) is 18.7. The Morgan fingerprint density at radius 1 is 0.942 bits per heavy atom. The molecule has 1 N–H and O–H groups in total. The van der Waals surface area contributed by atoms with E-state index in [-0.39, 0.29) is 60.8 Å². The molecule has 0 spiro atoms. The Balaban J connectivity index is 0.000000327. The number of fused-ring (bicyclic) bond motifs is 3. The van der Waals surface area contributed by atoms with Crippen molar-refractivity contribution in [2.75, 3.05) is 0 Å². The maximum absolute atomic E-state index is 12.4. The van der Waals surface area contributed by atoms with Crippen molar-refractivity contribution < 1.29 is 49.3 Å². The smallest absolute Gasteiger partial charge is 0.389 e. The van der Waals surface area contributed by atoms with Crippen molar-refractivity contribution in [2.24, 2.45) is 22.7 Å². The number of aliphatic hydroxyl groups excluding tert-OH is 1. The summed E-state index contributed by atoms with van der Waals surface area (Å²) in [6, 6.07) is 16.4. The Bertz CT molecular complexity index is 1990. The van der Waals surface area contributed by atoms with Crippen LogP contribution in [0, 0.1) is 35.7 Å². The van der Waals surface area contributed by atoms with Crippen LogP contribution in [0.25, 0.3) is 32.8 Å². The van der Waals surface area contributed by atoms with E-state index in [0.717, 1.165) is 51.8 Å². The number of alkyl halides is 3. The number of ketones is 1. The number of Topliss-reactive ketones (excluding diaryl/α,β-unsaturated/α-hetero) is 1. The number of allylic oxidation sites excluding steroid dienone is 2. The third kappa shape index (κ3) is 10.5. The molecule has 4 nitrogen and oxygen atoms in total. The van der Waals surface area contributed by atoms with Gasteiger partial charge < -0.3 is 9.84 Å². The average Bonchev–Trinajstić information content (AvgIpc) is 3.02. The average molecular weight is 896 g/mol. The molecule has 1 atom stereocenters. The van der Waals surface area contributed by atoms with Crippen LogP contribution in [0.5, 0.6) is 11.5 Å². The summed E-state index contributed by atoms with van der Waals surface area (Å²) in [5, 5.41) is 14.2. The van der Waals surface area contributed by atoms with Crippen LogP contribution in [0.15, 0.2) is 53.9 Å². The number of halogens is 3. The number of aromatic nitrogens is 1. The van der Waals surface area contributed by atoms with Crippen LogP contribution in [-0.4, -0.2) is 22.1 Å². The molecule has 1 unspecified atom stereocenters. The number of hydrogen-bond acceptors (Lipinski definition) is 4. The van der Waals surface area contributed by atoms with Gasteiger partial charge in [-0.05, 0) is 79.9 Å². The van der Waals surface area contributed by atoms with E-state index in [1.807, 2.05) is 19.9 Å². The number of carbonyl (C=O) groups is 1. The fourth-order valence-corrected chi connectivity index (χ4v) is 6.96. The van der Waals surface area contributed by atoms with E-state index in [1.54, 1.807) is 6.92 Å². The van der Waals surface area contributed by atoms with Crippen molar-refractivity contribution in [2.45, 2.75) is 121 Å². The topological polar surface area (TPSA) is 59.4 Å². The molecule has 0 aliphatic carbocycles. The second kappa shape index (κ2) is 16.8. The van der Waals surface area contributed by atoms with Gasteiger partial charge in [0.25, 0.3) is 0 Å². The number of pyridine rings is 1. The zero-order valence-corrected chi connectivity index (χ0v) is 34.9. The van der Waals surface area contributed by atoms with Gasteiger partial charge in [-0.1, -0.05) is 103 Å². The van der Waals surface area contributed by atoms with Crippen LogP contribution in [0.3, 0.4) is 0 Å². The summed E-state index contributed by atoms with van der Waals surface area (Å²) in [4.78, 5) is 16.7. The van der Waals surface area contributed by atoms with Gasteiger partial charge in [-0.25, -0.2) is 0 Å². The summed E-state index contributed by atoms with van der Waals surface area (Å²) < 4.78 is 52.3. The number of carbonyl (C=O) groups excluding carboxylic acids is 1. The third-order valence-corrected chi connectivity index (χ3v) is 9.44. The number of ether oxygens (including phenoxy) is 1. The molecule has 5 rings (SSSR count). The van der Waals surface area contributed by atoms with Gasteiger partial charge in [-0.15, -0.1) is 17.5 Å². The summed E-state index contributed by atoms with van der Waals surface area (Å²) in [6.07, 6.45) is -1.94. The molecular weight excluding hydrogens is 840 g/mol. The molecular formula is C44H55F3IrNO3-. The molecule has 285 valence electrons. The van der Waals surface area contributed by atoms with Gasteiger partial charge in [-0.2, -0.15) is 13.2 Å². The number of aryl methyl sites for hydroxylation is 1. The van der Waals surface area contributed by atoms with E-state index < -0.39 is 24.3 Å². The van der Waals surface area contributed by atoms with Gasteiger partial charge in [0, 0.05) is 54.8 Å². The van der Waals surface area contributed by atoms with Crippen LogP contribution in [0.4, 0.5) is 13.2 Å². The number of benzene rings is 3. The quantitative estimate of drug-likeness (QED) is 0.0910. The Labute approximate surface area is 323 Å². The predicted molar refractivity (Wildman–Crippen MR) is 204 cm³/mol. The van der Waals surface area contributed by atoms with E-state index >= 15 is 0 Å².